The van der Waals surface area contributed by atoms with Crippen LogP contribution in [0.3, 0.4) is 0 Å². The van der Waals surface area contributed by atoms with E-state index in [1.54, 1.807) is 0 Å². The zero-order valence-corrected chi connectivity index (χ0v) is 24.9. The lowest BCUT2D eigenvalue weighted by molar-refractivity contribution is 1.24. The van der Waals surface area contributed by atoms with Crippen LogP contribution in [-0.4, -0.2) is 0 Å². The van der Waals surface area contributed by atoms with Gasteiger partial charge in [0.05, 0.1) is 0 Å². The summed E-state index contributed by atoms with van der Waals surface area (Å²) in [5.41, 5.74) is 9.94. The van der Waals surface area contributed by atoms with Gasteiger partial charge in [-0.2, -0.15) is 0 Å². The van der Waals surface area contributed by atoms with Crippen LogP contribution in [0.5, 0.6) is 0 Å². The summed E-state index contributed by atoms with van der Waals surface area (Å²) < 4.78 is 0. The molecule has 3 heteroatoms. The zero-order chi connectivity index (χ0) is 30.3. The molecule has 0 unspecified atom stereocenters. The molecule has 7 rings (SSSR count). The van der Waals surface area contributed by atoms with Crippen molar-refractivity contribution in [1.29, 1.82) is 0 Å². The van der Waals surface area contributed by atoms with Crippen molar-refractivity contribution in [3.8, 4) is 0 Å². The Kier molecular flexibility index (Phi) is 8.06. The van der Waals surface area contributed by atoms with Crippen LogP contribution < -0.4 is 14.7 Å². The molecule has 7 aromatic carbocycles. The largest absolute Gasteiger partial charge is 0.311 e. The molecule has 0 spiro atoms. The monoisotopic (exact) mass is 579 g/mol. The van der Waals surface area contributed by atoms with Gasteiger partial charge in [-0.1, -0.05) is 91.0 Å². The van der Waals surface area contributed by atoms with Gasteiger partial charge in [0, 0.05) is 51.2 Å². The minimum absolute atomic E-state index is 1.08. The molecule has 0 aromatic heterocycles. The maximum absolute atomic E-state index is 2.30. The predicted octanol–water partition coefficient (Wildman–Crippen LogP) is 12.1. The standard InChI is InChI=1S/C42H33N3/c1-6-16-34(17-7-1)43(35-18-8-2-9-19-35)39-26-30-41(31-27-39)45(38-24-14-5-15-25-38)42-32-28-40(29-33-42)44(36-20-10-3-11-21-36)37-22-12-4-13-23-37/h1-33H. The Hall–Kier alpha value is -6.06. The second-order valence-electron chi connectivity index (χ2n) is 10.7. The van der Waals surface area contributed by atoms with Gasteiger partial charge < -0.3 is 14.7 Å². The summed E-state index contributed by atoms with van der Waals surface area (Å²) in [6, 6.07) is 70.2. The van der Waals surface area contributed by atoms with Crippen molar-refractivity contribution in [2.24, 2.45) is 0 Å². The van der Waals surface area contributed by atoms with E-state index in [1.165, 1.54) is 0 Å². The highest BCUT2D eigenvalue weighted by Gasteiger charge is 2.17. The Morgan fingerprint density at radius 2 is 0.289 bits per heavy atom. The first-order valence-corrected chi connectivity index (χ1v) is 15.2. The maximum Gasteiger partial charge on any atom is 0.0463 e. The van der Waals surface area contributed by atoms with Crippen molar-refractivity contribution in [1.82, 2.24) is 0 Å². The number of hydrogen-bond acceptors (Lipinski definition) is 3. The Balaban J connectivity index is 1.26. The summed E-state index contributed by atoms with van der Waals surface area (Å²) in [5.74, 6) is 0. The van der Waals surface area contributed by atoms with Crippen LogP contribution in [0.1, 0.15) is 0 Å². The van der Waals surface area contributed by atoms with Gasteiger partial charge in [-0.15, -0.1) is 0 Å². The molecule has 0 amide bonds. The van der Waals surface area contributed by atoms with E-state index in [0.29, 0.717) is 0 Å². The molecular weight excluding hydrogens is 546 g/mol. The smallest absolute Gasteiger partial charge is 0.0463 e. The molecule has 0 fully saturated rings. The van der Waals surface area contributed by atoms with E-state index in [0.717, 1.165) is 51.2 Å². The minimum atomic E-state index is 1.08. The molecule has 0 bridgehead atoms. The fourth-order valence-corrected chi connectivity index (χ4v) is 5.73. The lowest BCUT2D eigenvalue weighted by Gasteiger charge is -2.29. The first-order chi connectivity index (χ1) is 22.3. The van der Waals surface area contributed by atoms with Gasteiger partial charge in [-0.25, -0.2) is 0 Å². The van der Waals surface area contributed by atoms with E-state index in [1.807, 2.05) is 0 Å². The van der Waals surface area contributed by atoms with Crippen LogP contribution in [0.4, 0.5) is 51.2 Å². The third-order valence-electron chi connectivity index (χ3n) is 7.80. The normalized spacial score (nSPS) is 10.7. The SMILES string of the molecule is c1ccc(N(c2ccccc2)c2ccc(N(c3ccccc3)c3ccc(N(c4ccccc4)c4ccccc4)cc3)cc2)cc1. The average molecular weight is 580 g/mol. The van der Waals surface area contributed by atoms with Gasteiger partial charge in [-0.3, -0.25) is 0 Å². The van der Waals surface area contributed by atoms with Crippen molar-refractivity contribution in [3.63, 3.8) is 0 Å². The summed E-state index contributed by atoms with van der Waals surface area (Å²) in [6.07, 6.45) is 0. The lowest BCUT2D eigenvalue weighted by atomic mass is 10.1. The second-order valence-corrected chi connectivity index (χ2v) is 10.7. The highest BCUT2D eigenvalue weighted by Crippen LogP contribution is 2.40. The molecule has 3 nitrogen and oxygen atoms in total. The van der Waals surface area contributed by atoms with Gasteiger partial charge in [0.15, 0.2) is 0 Å². The molecule has 0 radical (unpaired) electrons. The van der Waals surface area contributed by atoms with Crippen molar-refractivity contribution in [2.45, 2.75) is 0 Å². The minimum Gasteiger partial charge on any atom is -0.311 e. The highest BCUT2D eigenvalue weighted by atomic mass is 15.2. The summed E-state index contributed by atoms with van der Waals surface area (Å²) in [7, 11) is 0. The molecular formula is C42H33N3. The maximum atomic E-state index is 2.30. The number of rotatable bonds is 9. The summed E-state index contributed by atoms with van der Waals surface area (Å²) in [5, 5.41) is 0. The average Bonchev–Trinajstić information content (AvgIpc) is 3.12. The molecule has 0 aliphatic rings. The van der Waals surface area contributed by atoms with Gasteiger partial charge in [-0.05, 0) is 109 Å². The summed E-state index contributed by atoms with van der Waals surface area (Å²) in [4.78, 5) is 6.87. The van der Waals surface area contributed by atoms with E-state index >= 15 is 0 Å². The van der Waals surface area contributed by atoms with Crippen LogP contribution in [-0.2, 0) is 0 Å². The molecule has 7 aromatic rings. The van der Waals surface area contributed by atoms with Crippen molar-refractivity contribution < 1.29 is 0 Å². The number of benzene rings is 7. The number of anilines is 9. The molecule has 0 aliphatic carbocycles. The third-order valence-corrected chi connectivity index (χ3v) is 7.80. The lowest BCUT2D eigenvalue weighted by Crippen LogP contribution is -2.13. The molecule has 216 valence electrons. The summed E-state index contributed by atoms with van der Waals surface area (Å²) >= 11 is 0. The number of para-hydroxylation sites is 5. The highest BCUT2D eigenvalue weighted by molar-refractivity contribution is 5.83. The molecule has 0 saturated carbocycles. The van der Waals surface area contributed by atoms with Crippen molar-refractivity contribution in [2.75, 3.05) is 14.7 Å². The van der Waals surface area contributed by atoms with Crippen molar-refractivity contribution >= 4 is 51.2 Å². The van der Waals surface area contributed by atoms with Gasteiger partial charge >= 0.3 is 0 Å². The van der Waals surface area contributed by atoms with Crippen LogP contribution >= 0.6 is 0 Å². The third kappa shape index (κ3) is 6.06. The van der Waals surface area contributed by atoms with Crippen LogP contribution in [0.25, 0.3) is 0 Å². The molecule has 45 heavy (non-hydrogen) atoms. The Morgan fingerprint density at radius 3 is 0.444 bits per heavy atom. The second kappa shape index (κ2) is 13.1. The van der Waals surface area contributed by atoms with E-state index in [9.17, 15) is 0 Å². The first-order valence-electron chi connectivity index (χ1n) is 15.2. The predicted molar refractivity (Wildman–Crippen MR) is 190 cm³/mol. The Labute approximate surface area is 265 Å². The fourth-order valence-electron chi connectivity index (χ4n) is 5.73. The van der Waals surface area contributed by atoms with Gasteiger partial charge in [0.1, 0.15) is 0 Å². The topological polar surface area (TPSA) is 9.72 Å². The number of nitrogens with zero attached hydrogens (tertiary/aromatic N) is 3. The first kappa shape index (κ1) is 27.8. The fraction of sp³-hybridized carbons (Fsp3) is 0. The summed E-state index contributed by atoms with van der Waals surface area (Å²) in [6.45, 7) is 0. The van der Waals surface area contributed by atoms with Crippen LogP contribution in [0.2, 0.25) is 0 Å². The molecule has 0 N–H and O–H groups in total. The molecule has 0 heterocycles. The Bertz CT molecular complexity index is 1700. The van der Waals surface area contributed by atoms with Crippen molar-refractivity contribution in [3.05, 3.63) is 200 Å². The van der Waals surface area contributed by atoms with E-state index in [2.05, 4.69) is 215 Å². The van der Waals surface area contributed by atoms with E-state index < -0.39 is 0 Å². The molecule has 0 saturated heterocycles. The quantitative estimate of drug-likeness (QED) is 0.168. The zero-order valence-electron chi connectivity index (χ0n) is 24.9. The molecule has 0 aliphatic heterocycles. The van der Waals surface area contributed by atoms with Crippen LogP contribution in [0.15, 0.2) is 200 Å². The van der Waals surface area contributed by atoms with Crippen LogP contribution in [0, 0.1) is 0 Å². The van der Waals surface area contributed by atoms with E-state index in [4.69, 9.17) is 0 Å². The molecule has 0 atom stereocenters. The van der Waals surface area contributed by atoms with Gasteiger partial charge in [0.25, 0.3) is 0 Å². The number of hydrogen-bond donors (Lipinski definition) is 0. The Morgan fingerprint density at radius 1 is 0.156 bits per heavy atom. The van der Waals surface area contributed by atoms with Gasteiger partial charge in [0.2, 0.25) is 0 Å². The van der Waals surface area contributed by atoms with E-state index in [-0.39, 0.29) is 0 Å².